The molecular weight excluding hydrogens is 248 g/mol. The lowest BCUT2D eigenvalue weighted by molar-refractivity contribution is -0.124. The molecule has 5 heteroatoms. The lowest BCUT2D eigenvalue weighted by Crippen LogP contribution is -2.55. The number of methoxy groups -OCH3 is 1. The van der Waals surface area contributed by atoms with Gasteiger partial charge in [-0.3, -0.25) is 4.79 Å². The third kappa shape index (κ3) is 7.95. The molecule has 0 aromatic carbocycles. The molecule has 0 saturated carbocycles. The summed E-state index contributed by atoms with van der Waals surface area (Å²) in [4.78, 5) is 11.5. The predicted octanol–water partition coefficient (Wildman–Crippen LogP) is 1.78. The maximum Gasteiger partial charge on any atom is 0.237 e. The average Bonchev–Trinajstić information content (AvgIpc) is 2.26. The SMILES string of the molecule is COCCCSCCCC(C)(NC(C)C)C(N)=O. The topological polar surface area (TPSA) is 64.3 Å². The van der Waals surface area contributed by atoms with Crippen molar-refractivity contribution in [2.24, 2.45) is 5.73 Å². The van der Waals surface area contributed by atoms with E-state index in [1.807, 2.05) is 32.5 Å². The molecule has 1 atom stereocenters. The Morgan fingerprint density at radius 3 is 2.50 bits per heavy atom. The molecule has 3 N–H and O–H groups in total. The van der Waals surface area contributed by atoms with E-state index in [0.717, 1.165) is 37.4 Å². The van der Waals surface area contributed by atoms with Gasteiger partial charge in [0.1, 0.15) is 0 Å². The number of amides is 1. The van der Waals surface area contributed by atoms with Gasteiger partial charge in [-0.1, -0.05) is 0 Å². The van der Waals surface area contributed by atoms with Gasteiger partial charge >= 0.3 is 0 Å². The summed E-state index contributed by atoms with van der Waals surface area (Å²) in [5.74, 6) is 1.91. The van der Waals surface area contributed by atoms with Crippen molar-refractivity contribution < 1.29 is 9.53 Å². The first-order valence-corrected chi connectivity index (χ1v) is 7.72. The summed E-state index contributed by atoms with van der Waals surface area (Å²) in [5.41, 5.74) is 4.89. The molecule has 0 bridgehead atoms. The lowest BCUT2D eigenvalue weighted by atomic mass is 9.94. The van der Waals surface area contributed by atoms with Crippen molar-refractivity contribution in [1.29, 1.82) is 0 Å². The van der Waals surface area contributed by atoms with Crippen LogP contribution in [0.25, 0.3) is 0 Å². The Morgan fingerprint density at radius 1 is 1.39 bits per heavy atom. The van der Waals surface area contributed by atoms with E-state index in [1.165, 1.54) is 0 Å². The molecule has 0 aliphatic rings. The van der Waals surface area contributed by atoms with Crippen LogP contribution >= 0.6 is 11.8 Å². The van der Waals surface area contributed by atoms with Crippen LogP contribution in [0.4, 0.5) is 0 Å². The summed E-state index contributed by atoms with van der Waals surface area (Å²) >= 11 is 1.90. The van der Waals surface area contributed by atoms with E-state index >= 15 is 0 Å². The number of hydrogen-bond donors (Lipinski definition) is 2. The van der Waals surface area contributed by atoms with Gasteiger partial charge in [-0.25, -0.2) is 0 Å². The number of nitrogens with one attached hydrogen (secondary N) is 1. The lowest BCUT2D eigenvalue weighted by Gasteiger charge is -2.29. The molecule has 0 aliphatic heterocycles. The second-order valence-electron chi connectivity index (χ2n) is 5.06. The van der Waals surface area contributed by atoms with Crippen molar-refractivity contribution in [2.45, 2.75) is 51.6 Å². The van der Waals surface area contributed by atoms with Gasteiger partial charge in [0, 0.05) is 19.8 Å². The maximum atomic E-state index is 11.5. The third-order valence-electron chi connectivity index (χ3n) is 2.75. The number of ether oxygens (including phenoxy) is 1. The Hall–Kier alpha value is -0.260. The highest BCUT2D eigenvalue weighted by Gasteiger charge is 2.30. The highest BCUT2D eigenvalue weighted by Crippen LogP contribution is 2.16. The van der Waals surface area contributed by atoms with Gasteiger partial charge in [0.25, 0.3) is 0 Å². The Morgan fingerprint density at radius 2 is 2.00 bits per heavy atom. The van der Waals surface area contributed by atoms with Gasteiger partial charge in [0.2, 0.25) is 5.91 Å². The van der Waals surface area contributed by atoms with Crippen LogP contribution in [0.2, 0.25) is 0 Å². The van der Waals surface area contributed by atoms with E-state index in [1.54, 1.807) is 7.11 Å². The van der Waals surface area contributed by atoms with E-state index < -0.39 is 5.54 Å². The smallest absolute Gasteiger partial charge is 0.237 e. The fourth-order valence-corrected chi connectivity index (χ4v) is 2.71. The standard InChI is InChI=1S/C13H28N2O2S/c1-11(2)15-13(3,12(14)16)7-5-9-18-10-6-8-17-4/h11,15H,5-10H2,1-4H3,(H2,14,16). The quantitative estimate of drug-likeness (QED) is 0.565. The van der Waals surface area contributed by atoms with Crippen molar-refractivity contribution in [3.05, 3.63) is 0 Å². The molecule has 0 aliphatic carbocycles. The van der Waals surface area contributed by atoms with Gasteiger partial charge in [-0.2, -0.15) is 11.8 Å². The Labute approximate surface area is 115 Å². The molecule has 4 nitrogen and oxygen atoms in total. The molecular formula is C13H28N2O2S. The summed E-state index contributed by atoms with van der Waals surface area (Å²) in [5, 5.41) is 3.26. The largest absolute Gasteiger partial charge is 0.385 e. The zero-order valence-electron chi connectivity index (χ0n) is 12.1. The molecule has 1 unspecified atom stereocenters. The number of nitrogens with two attached hydrogens (primary N) is 1. The van der Waals surface area contributed by atoms with Crippen molar-refractivity contribution in [3.63, 3.8) is 0 Å². The number of carbonyl (C=O) groups is 1. The van der Waals surface area contributed by atoms with E-state index in [9.17, 15) is 4.79 Å². The number of carbonyl (C=O) groups excluding carboxylic acids is 1. The fraction of sp³-hybridized carbons (Fsp3) is 0.923. The summed E-state index contributed by atoms with van der Waals surface area (Å²) < 4.78 is 4.99. The number of hydrogen-bond acceptors (Lipinski definition) is 4. The Balaban J connectivity index is 3.81. The summed E-state index contributed by atoms with van der Waals surface area (Å²) in [6.07, 6.45) is 2.87. The molecule has 0 aromatic heterocycles. The number of rotatable bonds is 11. The molecule has 108 valence electrons. The van der Waals surface area contributed by atoms with Crippen LogP contribution in [-0.2, 0) is 9.53 Å². The van der Waals surface area contributed by atoms with Crippen molar-refractivity contribution in [2.75, 3.05) is 25.2 Å². The third-order valence-corrected chi connectivity index (χ3v) is 3.91. The normalized spacial score (nSPS) is 14.7. The summed E-state index contributed by atoms with van der Waals surface area (Å²) in [6, 6.07) is 0.261. The Kier molecular flexibility index (Phi) is 9.50. The van der Waals surface area contributed by atoms with Gasteiger partial charge in [0.05, 0.1) is 5.54 Å². The molecule has 0 fully saturated rings. The molecule has 0 heterocycles. The van der Waals surface area contributed by atoms with Crippen LogP contribution in [0.5, 0.6) is 0 Å². The van der Waals surface area contributed by atoms with Crippen molar-refractivity contribution in [3.8, 4) is 0 Å². The minimum atomic E-state index is -0.582. The van der Waals surface area contributed by atoms with Crippen LogP contribution < -0.4 is 11.1 Å². The average molecular weight is 276 g/mol. The van der Waals surface area contributed by atoms with Crippen LogP contribution in [-0.4, -0.2) is 42.7 Å². The van der Waals surface area contributed by atoms with Gasteiger partial charge < -0.3 is 15.8 Å². The summed E-state index contributed by atoms with van der Waals surface area (Å²) in [6.45, 7) is 6.77. The van der Waals surface area contributed by atoms with E-state index in [0.29, 0.717) is 0 Å². The molecule has 0 aromatic rings. The molecule has 0 radical (unpaired) electrons. The molecule has 18 heavy (non-hydrogen) atoms. The van der Waals surface area contributed by atoms with Crippen LogP contribution in [0.15, 0.2) is 0 Å². The van der Waals surface area contributed by atoms with E-state index in [4.69, 9.17) is 10.5 Å². The Bertz CT molecular complexity index is 237. The first-order chi connectivity index (χ1) is 8.42. The highest BCUT2D eigenvalue weighted by atomic mass is 32.2. The minimum Gasteiger partial charge on any atom is -0.385 e. The van der Waals surface area contributed by atoms with E-state index in [2.05, 4.69) is 5.32 Å². The van der Waals surface area contributed by atoms with Crippen molar-refractivity contribution >= 4 is 17.7 Å². The molecule has 0 rings (SSSR count). The first kappa shape index (κ1) is 17.7. The molecule has 1 amide bonds. The van der Waals surface area contributed by atoms with E-state index in [-0.39, 0.29) is 11.9 Å². The van der Waals surface area contributed by atoms with Gasteiger partial charge in [-0.05, 0) is 51.5 Å². The van der Waals surface area contributed by atoms with Crippen LogP contribution in [0, 0.1) is 0 Å². The van der Waals surface area contributed by atoms with Crippen LogP contribution in [0.1, 0.15) is 40.0 Å². The zero-order chi connectivity index (χ0) is 14.0. The highest BCUT2D eigenvalue weighted by molar-refractivity contribution is 7.99. The second kappa shape index (κ2) is 9.64. The number of thioether (sulfide) groups is 1. The predicted molar refractivity (Wildman–Crippen MR) is 78.9 cm³/mol. The minimum absolute atomic E-state index is 0.261. The number of primary amides is 1. The van der Waals surface area contributed by atoms with Gasteiger partial charge in [0.15, 0.2) is 0 Å². The monoisotopic (exact) mass is 276 g/mol. The zero-order valence-corrected chi connectivity index (χ0v) is 12.9. The summed E-state index contributed by atoms with van der Waals surface area (Å²) in [7, 11) is 1.72. The molecule has 0 spiro atoms. The van der Waals surface area contributed by atoms with Crippen molar-refractivity contribution in [1.82, 2.24) is 5.32 Å². The fourth-order valence-electron chi connectivity index (χ4n) is 1.84. The van der Waals surface area contributed by atoms with Crippen LogP contribution in [0.3, 0.4) is 0 Å². The molecule has 0 saturated heterocycles. The van der Waals surface area contributed by atoms with Gasteiger partial charge in [-0.15, -0.1) is 0 Å². The second-order valence-corrected chi connectivity index (χ2v) is 6.28. The first-order valence-electron chi connectivity index (χ1n) is 6.56. The maximum absolute atomic E-state index is 11.5.